The van der Waals surface area contributed by atoms with Crippen LogP contribution in [0.2, 0.25) is 5.02 Å². The molecule has 0 atom stereocenters. The maximum Gasteiger partial charge on any atom is 0.132 e. The van der Waals surface area contributed by atoms with E-state index in [0.29, 0.717) is 28.6 Å². The van der Waals surface area contributed by atoms with Gasteiger partial charge in [-0.2, -0.15) is 5.10 Å². The maximum atomic E-state index is 14.4. The van der Waals surface area contributed by atoms with E-state index in [4.69, 9.17) is 17.0 Å². The normalized spacial score (nSPS) is 16.3. The second-order valence-electron chi connectivity index (χ2n) is 7.00. The summed E-state index contributed by atoms with van der Waals surface area (Å²) in [5.74, 6) is 0.341. The third kappa shape index (κ3) is 5.37. The standard InChI is InChI=1S/C21H24ClFN4/c1-15-10-12-27(13-11-15)14-20(24)21(18-4-2-3-5-19(18)23)26-25-17-8-6-16(22)7-9-17/h2-9,15,24-25H,10-14H2,1H3/b24-20?,26-21-. The van der Waals surface area contributed by atoms with Crippen LogP contribution >= 0.6 is 11.6 Å². The highest BCUT2D eigenvalue weighted by Gasteiger charge is 2.21. The quantitative estimate of drug-likeness (QED) is 0.539. The van der Waals surface area contributed by atoms with E-state index in [1.54, 1.807) is 42.5 Å². The smallest absolute Gasteiger partial charge is 0.132 e. The van der Waals surface area contributed by atoms with E-state index in [2.05, 4.69) is 22.4 Å². The zero-order valence-corrected chi connectivity index (χ0v) is 16.1. The number of halogens is 2. The molecule has 0 bridgehead atoms. The third-order valence-electron chi connectivity index (χ3n) is 4.81. The van der Waals surface area contributed by atoms with E-state index in [0.717, 1.165) is 37.5 Å². The van der Waals surface area contributed by atoms with E-state index < -0.39 is 0 Å². The van der Waals surface area contributed by atoms with Gasteiger partial charge in [-0.1, -0.05) is 30.7 Å². The molecule has 1 aliphatic rings. The number of hydrogen-bond donors (Lipinski definition) is 2. The largest absolute Gasteiger partial charge is 0.302 e. The molecule has 2 aromatic rings. The van der Waals surface area contributed by atoms with Crippen LogP contribution in [0.15, 0.2) is 53.6 Å². The highest BCUT2D eigenvalue weighted by atomic mass is 35.5. The van der Waals surface area contributed by atoms with Crippen LogP contribution < -0.4 is 5.43 Å². The van der Waals surface area contributed by atoms with Crippen molar-refractivity contribution in [3.8, 4) is 0 Å². The Balaban J connectivity index is 1.81. The van der Waals surface area contributed by atoms with Crippen LogP contribution in [0.5, 0.6) is 0 Å². The maximum absolute atomic E-state index is 14.4. The number of rotatable bonds is 6. The molecule has 1 heterocycles. The van der Waals surface area contributed by atoms with Gasteiger partial charge in [0.2, 0.25) is 0 Å². The summed E-state index contributed by atoms with van der Waals surface area (Å²) in [6.07, 6.45) is 2.25. The molecular formula is C21H24ClFN4. The molecule has 0 amide bonds. The Labute approximate surface area is 164 Å². The first-order valence-corrected chi connectivity index (χ1v) is 9.55. The summed E-state index contributed by atoms with van der Waals surface area (Å²) >= 11 is 5.91. The van der Waals surface area contributed by atoms with E-state index in [1.807, 2.05) is 0 Å². The molecule has 27 heavy (non-hydrogen) atoms. The lowest BCUT2D eigenvalue weighted by atomic mass is 9.98. The average molecular weight is 387 g/mol. The van der Waals surface area contributed by atoms with Gasteiger partial charge in [-0.3, -0.25) is 10.3 Å². The molecule has 6 heteroatoms. The predicted molar refractivity (Wildman–Crippen MR) is 111 cm³/mol. The molecule has 0 aliphatic carbocycles. The minimum atomic E-state index is -0.383. The molecule has 1 saturated heterocycles. The Hall–Kier alpha value is -2.24. The van der Waals surface area contributed by atoms with Gasteiger partial charge in [0.15, 0.2) is 0 Å². The van der Waals surface area contributed by atoms with Crippen molar-refractivity contribution >= 4 is 28.7 Å². The molecule has 0 radical (unpaired) electrons. The monoisotopic (exact) mass is 386 g/mol. The minimum absolute atomic E-state index is 0.302. The number of anilines is 1. The lowest BCUT2D eigenvalue weighted by molar-refractivity contribution is 0.216. The van der Waals surface area contributed by atoms with Gasteiger partial charge in [-0.15, -0.1) is 0 Å². The van der Waals surface area contributed by atoms with Crippen molar-refractivity contribution in [1.82, 2.24) is 4.90 Å². The van der Waals surface area contributed by atoms with Crippen LogP contribution in [-0.4, -0.2) is 36.0 Å². The van der Waals surface area contributed by atoms with E-state index in [1.165, 1.54) is 6.07 Å². The Morgan fingerprint density at radius 2 is 1.85 bits per heavy atom. The van der Waals surface area contributed by atoms with Gasteiger partial charge in [0.1, 0.15) is 11.5 Å². The fraction of sp³-hybridized carbons (Fsp3) is 0.333. The van der Waals surface area contributed by atoms with Crippen molar-refractivity contribution in [2.45, 2.75) is 19.8 Å². The fourth-order valence-corrected chi connectivity index (χ4v) is 3.23. The number of hydrazone groups is 1. The van der Waals surface area contributed by atoms with Gasteiger partial charge in [0.25, 0.3) is 0 Å². The van der Waals surface area contributed by atoms with Gasteiger partial charge in [0.05, 0.1) is 11.4 Å². The van der Waals surface area contributed by atoms with E-state index >= 15 is 0 Å². The number of piperidine rings is 1. The molecule has 3 rings (SSSR count). The first kappa shape index (κ1) is 19.5. The van der Waals surface area contributed by atoms with Crippen LogP contribution in [0.4, 0.5) is 10.1 Å². The fourth-order valence-electron chi connectivity index (χ4n) is 3.11. The molecule has 142 valence electrons. The van der Waals surface area contributed by atoms with Crippen molar-refractivity contribution in [2.24, 2.45) is 11.0 Å². The summed E-state index contributed by atoms with van der Waals surface area (Å²) in [5.41, 5.74) is 4.61. The van der Waals surface area contributed by atoms with Crippen LogP contribution in [-0.2, 0) is 0 Å². The summed E-state index contributed by atoms with van der Waals surface area (Å²) in [6.45, 7) is 4.63. The lowest BCUT2D eigenvalue weighted by Gasteiger charge is -2.30. The van der Waals surface area contributed by atoms with Gasteiger partial charge in [0, 0.05) is 17.1 Å². The molecule has 4 nitrogen and oxygen atoms in total. The Morgan fingerprint density at radius 1 is 1.19 bits per heavy atom. The number of nitrogens with zero attached hydrogens (tertiary/aromatic N) is 2. The molecule has 0 spiro atoms. The summed E-state index contributed by atoms with van der Waals surface area (Å²) < 4.78 is 14.4. The number of hydrogen-bond acceptors (Lipinski definition) is 4. The number of nitrogens with one attached hydrogen (secondary N) is 2. The second-order valence-corrected chi connectivity index (χ2v) is 7.43. The Kier molecular flexibility index (Phi) is 6.58. The number of benzene rings is 2. The zero-order chi connectivity index (χ0) is 19.2. The zero-order valence-electron chi connectivity index (χ0n) is 15.4. The molecule has 1 fully saturated rings. The molecule has 2 aromatic carbocycles. The van der Waals surface area contributed by atoms with Crippen molar-refractivity contribution in [3.05, 3.63) is 64.9 Å². The molecule has 1 aliphatic heterocycles. The minimum Gasteiger partial charge on any atom is -0.302 e. The molecule has 2 N–H and O–H groups in total. The molecule has 0 unspecified atom stereocenters. The van der Waals surface area contributed by atoms with Crippen LogP contribution in [0.3, 0.4) is 0 Å². The number of likely N-dealkylation sites (tertiary alicyclic amines) is 1. The highest BCUT2D eigenvalue weighted by molar-refractivity contribution is 6.48. The van der Waals surface area contributed by atoms with Gasteiger partial charge in [-0.25, -0.2) is 4.39 Å². The SMILES string of the molecule is CC1CCN(CC(=N)/C(=N\Nc2ccc(Cl)cc2)c2ccccc2F)CC1. The predicted octanol–water partition coefficient (Wildman–Crippen LogP) is 5.05. The summed E-state index contributed by atoms with van der Waals surface area (Å²) in [4.78, 5) is 2.24. The summed E-state index contributed by atoms with van der Waals surface area (Å²) in [6, 6.07) is 13.5. The van der Waals surface area contributed by atoms with Crippen molar-refractivity contribution in [2.75, 3.05) is 25.1 Å². The average Bonchev–Trinajstić information content (AvgIpc) is 2.66. The van der Waals surface area contributed by atoms with Gasteiger partial charge in [-0.05, 0) is 68.2 Å². The van der Waals surface area contributed by atoms with Crippen LogP contribution in [0.1, 0.15) is 25.3 Å². The molecule has 0 aromatic heterocycles. The Morgan fingerprint density at radius 3 is 2.52 bits per heavy atom. The molecule has 0 saturated carbocycles. The van der Waals surface area contributed by atoms with Crippen molar-refractivity contribution in [1.29, 1.82) is 5.41 Å². The van der Waals surface area contributed by atoms with Crippen LogP contribution in [0, 0.1) is 17.1 Å². The third-order valence-corrected chi connectivity index (χ3v) is 5.07. The van der Waals surface area contributed by atoms with Crippen molar-refractivity contribution in [3.63, 3.8) is 0 Å². The second kappa shape index (κ2) is 9.11. The van der Waals surface area contributed by atoms with Gasteiger partial charge < -0.3 is 5.41 Å². The van der Waals surface area contributed by atoms with Crippen LogP contribution in [0.25, 0.3) is 0 Å². The topological polar surface area (TPSA) is 51.5 Å². The lowest BCUT2D eigenvalue weighted by Crippen LogP contribution is -2.39. The highest BCUT2D eigenvalue weighted by Crippen LogP contribution is 2.17. The molecular weight excluding hydrogens is 363 g/mol. The van der Waals surface area contributed by atoms with E-state index in [9.17, 15) is 4.39 Å². The van der Waals surface area contributed by atoms with E-state index in [-0.39, 0.29) is 5.82 Å². The van der Waals surface area contributed by atoms with Crippen molar-refractivity contribution < 1.29 is 4.39 Å². The summed E-state index contributed by atoms with van der Waals surface area (Å²) in [7, 11) is 0. The summed E-state index contributed by atoms with van der Waals surface area (Å²) in [5, 5.41) is 13.6. The first-order valence-electron chi connectivity index (χ1n) is 9.17. The first-order chi connectivity index (χ1) is 13.0. The Bertz CT molecular complexity index is 811. The van der Waals surface area contributed by atoms with Gasteiger partial charge >= 0.3 is 0 Å².